The highest BCUT2D eigenvalue weighted by Crippen LogP contribution is 2.34. The van der Waals surface area contributed by atoms with Crippen molar-refractivity contribution < 1.29 is 32.7 Å². The smallest absolute Gasteiger partial charge is 0.408 e. The van der Waals surface area contributed by atoms with E-state index < -0.39 is 36.1 Å². The van der Waals surface area contributed by atoms with Crippen LogP contribution in [0.2, 0.25) is 0 Å². The lowest BCUT2D eigenvalue weighted by atomic mass is 9.94. The number of ether oxygens (including phenoxy) is 1. The molecule has 1 aliphatic carbocycles. The molecule has 1 unspecified atom stereocenters. The first-order valence-electron chi connectivity index (χ1n) is 10.5. The van der Waals surface area contributed by atoms with Crippen LogP contribution in [0.15, 0.2) is 0 Å². The van der Waals surface area contributed by atoms with Gasteiger partial charge in [-0.05, 0) is 38.0 Å². The summed E-state index contributed by atoms with van der Waals surface area (Å²) in [6.45, 7) is 4.28. The van der Waals surface area contributed by atoms with Crippen molar-refractivity contribution in [3.8, 4) is 0 Å². The molecule has 2 aliphatic rings. The minimum Gasteiger partial charge on any atom is -0.446 e. The van der Waals surface area contributed by atoms with Gasteiger partial charge in [-0.3, -0.25) is 9.59 Å². The van der Waals surface area contributed by atoms with Crippen molar-refractivity contribution in [1.82, 2.24) is 16.0 Å². The van der Waals surface area contributed by atoms with Gasteiger partial charge in [-0.1, -0.05) is 13.8 Å². The van der Waals surface area contributed by atoms with Gasteiger partial charge in [-0.25, -0.2) is 13.6 Å². The summed E-state index contributed by atoms with van der Waals surface area (Å²) in [6, 6.07) is -1.79. The van der Waals surface area contributed by atoms with Crippen molar-refractivity contribution in [2.45, 2.75) is 82.9 Å². The lowest BCUT2D eigenvalue weighted by molar-refractivity contribution is -0.127. The number of carbonyl (C=O) groups is 4. The van der Waals surface area contributed by atoms with Crippen molar-refractivity contribution in [2.24, 2.45) is 11.8 Å². The molecule has 0 aromatic carbocycles. The molecule has 2 rings (SSSR count). The van der Waals surface area contributed by atoms with Crippen LogP contribution in [-0.2, 0) is 19.1 Å². The zero-order valence-electron chi connectivity index (χ0n) is 17.4. The Bertz CT molecular complexity index is 634. The Hall–Kier alpha value is -2.26. The number of alkyl halides is 2. The van der Waals surface area contributed by atoms with Crippen molar-refractivity contribution in [3.63, 3.8) is 0 Å². The van der Waals surface area contributed by atoms with E-state index in [1.165, 1.54) is 0 Å². The molecule has 3 N–H and O–H groups in total. The summed E-state index contributed by atoms with van der Waals surface area (Å²) >= 11 is 0. The van der Waals surface area contributed by atoms with E-state index >= 15 is 0 Å². The third-order valence-corrected chi connectivity index (χ3v) is 5.45. The highest BCUT2D eigenvalue weighted by molar-refractivity contribution is 5.88. The molecule has 3 atom stereocenters. The summed E-state index contributed by atoms with van der Waals surface area (Å²) in [5, 5.41) is 7.76. The molecule has 1 aliphatic heterocycles. The number of aldehydes is 1. The minimum atomic E-state index is -2.73. The maximum Gasteiger partial charge on any atom is 0.408 e. The number of hydrogen-bond donors (Lipinski definition) is 3. The Morgan fingerprint density at radius 2 is 1.90 bits per heavy atom. The Morgan fingerprint density at radius 1 is 1.23 bits per heavy atom. The molecule has 1 saturated heterocycles. The summed E-state index contributed by atoms with van der Waals surface area (Å²) < 4.78 is 31.7. The molecule has 2 fully saturated rings. The summed E-state index contributed by atoms with van der Waals surface area (Å²) in [4.78, 5) is 48.0. The summed E-state index contributed by atoms with van der Waals surface area (Å²) in [7, 11) is 0. The van der Waals surface area contributed by atoms with Gasteiger partial charge in [-0.2, -0.15) is 0 Å². The van der Waals surface area contributed by atoms with Crippen LogP contribution in [0.3, 0.4) is 0 Å². The van der Waals surface area contributed by atoms with E-state index in [0.29, 0.717) is 25.7 Å². The third-order valence-electron chi connectivity index (χ3n) is 5.45. The number of nitrogens with one attached hydrogen (secondary N) is 3. The summed E-state index contributed by atoms with van der Waals surface area (Å²) in [5.41, 5.74) is 0. The van der Waals surface area contributed by atoms with E-state index in [0.717, 1.165) is 0 Å². The van der Waals surface area contributed by atoms with E-state index in [9.17, 15) is 28.0 Å². The Labute approximate surface area is 174 Å². The van der Waals surface area contributed by atoms with Gasteiger partial charge in [0.25, 0.3) is 0 Å². The number of halogens is 2. The molecule has 10 heteroatoms. The van der Waals surface area contributed by atoms with Crippen molar-refractivity contribution >= 4 is 24.2 Å². The Kier molecular flexibility index (Phi) is 8.54. The van der Waals surface area contributed by atoms with E-state index in [1.807, 2.05) is 13.8 Å². The molecule has 0 radical (unpaired) electrons. The largest absolute Gasteiger partial charge is 0.446 e. The number of carbonyl (C=O) groups excluding carboxylic acids is 4. The molecule has 3 amide bonds. The van der Waals surface area contributed by atoms with Gasteiger partial charge in [-0.15, -0.1) is 0 Å². The van der Waals surface area contributed by atoms with Crippen LogP contribution in [0.4, 0.5) is 13.6 Å². The molecule has 170 valence electrons. The second-order valence-corrected chi connectivity index (χ2v) is 8.55. The highest BCUT2D eigenvalue weighted by atomic mass is 19.3. The average Bonchev–Trinajstić information content (AvgIpc) is 3.06. The molecule has 8 nitrogen and oxygen atoms in total. The molecular weight excluding hydrogens is 400 g/mol. The molecule has 1 heterocycles. The van der Waals surface area contributed by atoms with Gasteiger partial charge in [0.15, 0.2) is 0 Å². The monoisotopic (exact) mass is 431 g/mol. The lowest BCUT2D eigenvalue weighted by Gasteiger charge is -2.29. The van der Waals surface area contributed by atoms with Crippen molar-refractivity contribution in [2.75, 3.05) is 6.54 Å². The van der Waals surface area contributed by atoms with Gasteiger partial charge in [0.2, 0.25) is 17.7 Å². The predicted octanol–water partition coefficient (Wildman–Crippen LogP) is 1.92. The van der Waals surface area contributed by atoms with E-state index in [4.69, 9.17) is 4.74 Å². The first kappa shape index (κ1) is 24.0. The second kappa shape index (κ2) is 10.7. The quantitative estimate of drug-likeness (QED) is 0.483. The number of alkyl carbamates (subject to hydrolysis) is 1. The second-order valence-electron chi connectivity index (χ2n) is 8.55. The van der Waals surface area contributed by atoms with Gasteiger partial charge in [0.05, 0.1) is 6.04 Å². The fraction of sp³-hybridized carbons (Fsp3) is 0.800. The zero-order valence-corrected chi connectivity index (χ0v) is 17.4. The zero-order chi connectivity index (χ0) is 22.3. The summed E-state index contributed by atoms with van der Waals surface area (Å²) in [6.07, 6.45) is -0.325. The number of rotatable bonds is 9. The Morgan fingerprint density at radius 3 is 2.43 bits per heavy atom. The fourth-order valence-electron chi connectivity index (χ4n) is 3.77. The molecule has 0 aromatic rings. The van der Waals surface area contributed by atoms with E-state index in [-0.39, 0.29) is 49.8 Å². The first-order chi connectivity index (χ1) is 14.1. The lowest BCUT2D eigenvalue weighted by Crippen LogP contribution is -2.51. The molecule has 0 aromatic heterocycles. The normalized spacial score (nSPS) is 23.4. The Balaban J connectivity index is 1.89. The van der Waals surface area contributed by atoms with Gasteiger partial charge < -0.3 is 25.5 Å². The molecule has 0 spiro atoms. The van der Waals surface area contributed by atoms with Crippen LogP contribution >= 0.6 is 0 Å². The number of hydrogen-bond acceptors (Lipinski definition) is 5. The predicted molar refractivity (Wildman–Crippen MR) is 104 cm³/mol. The van der Waals surface area contributed by atoms with Gasteiger partial charge >= 0.3 is 6.09 Å². The molecule has 1 saturated carbocycles. The van der Waals surface area contributed by atoms with Crippen LogP contribution in [-0.4, -0.2) is 54.8 Å². The minimum absolute atomic E-state index is 0.0599. The highest BCUT2D eigenvalue weighted by Gasteiger charge is 2.37. The summed E-state index contributed by atoms with van der Waals surface area (Å²) in [5.74, 6) is -3.70. The van der Waals surface area contributed by atoms with E-state index in [1.54, 1.807) is 0 Å². The van der Waals surface area contributed by atoms with Crippen molar-refractivity contribution in [3.05, 3.63) is 0 Å². The SMILES string of the molecule is CC(C)C[C@@H](NC(=O)OC1CCC(F)(F)CC1)C(=O)N[C@@H](C=O)CC1CCNC1=O. The van der Waals surface area contributed by atoms with Crippen LogP contribution in [0.25, 0.3) is 0 Å². The molecule has 30 heavy (non-hydrogen) atoms. The molecule has 0 bridgehead atoms. The maximum absolute atomic E-state index is 13.2. The van der Waals surface area contributed by atoms with Crippen LogP contribution < -0.4 is 16.0 Å². The van der Waals surface area contributed by atoms with Crippen LogP contribution in [0.5, 0.6) is 0 Å². The van der Waals surface area contributed by atoms with Crippen molar-refractivity contribution in [1.29, 1.82) is 0 Å². The average molecular weight is 431 g/mol. The molecular formula is C20H31F2N3O5. The van der Waals surface area contributed by atoms with Crippen LogP contribution in [0.1, 0.15) is 58.8 Å². The maximum atomic E-state index is 13.2. The van der Waals surface area contributed by atoms with Gasteiger partial charge in [0, 0.05) is 25.3 Å². The van der Waals surface area contributed by atoms with E-state index in [2.05, 4.69) is 16.0 Å². The van der Waals surface area contributed by atoms with Gasteiger partial charge in [0.1, 0.15) is 18.4 Å². The first-order valence-corrected chi connectivity index (χ1v) is 10.5. The third kappa shape index (κ3) is 7.53. The topological polar surface area (TPSA) is 114 Å². The number of amides is 3. The fourth-order valence-corrected chi connectivity index (χ4v) is 3.77. The standard InChI is InChI=1S/C20H31F2N3O5/c1-12(2)9-16(25-19(29)30-15-3-6-20(21,22)7-4-15)18(28)24-14(11-26)10-13-5-8-23-17(13)27/h11-16H,3-10H2,1-2H3,(H,23,27)(H,24,28)(H,25,29)/t13?,14-,16-/m1/s1. The van der Waals surface area contributed by atoms with Crippen LogP contribution in [0, 0.1) is 11.8 Å².